The summed E-state index contributed by atoms with van der Waals surface area (Å²) in [6.45, 7) is 7.36. The molecule has 1 N–H and O–H groups in total. The number of hydrogen-bond donors (Lipinski definition) is 1. The van der Waals surface area contributed by atoms with Gasteiger partial charge in [0, 0.05) is 6.20 Å². The van der Waals surface area contributed by atoms with E-state index in [1.54, 1.807) is 6.20 Å². The lowest BCUT2D eigenvalue weighted by atomic mass is 10.2. The van der Waals surface area contributed by atoms with E-state index >= 15 is 0 Å². The zero-order valence-corrected chi connectivity index (χ0v) is 11.4. The van der Waals surface area contributed by atoms with Crippen molar-refractivity contribution in [3.05, 3.63) is 22.3 Å². The van der Waals surface area contributed by atoms with Crippen molar-refractivity contribution in [3.63, 3.8) is 0 Å². The summed E-state index contributed by atoms with van der Waals surface area (Å²) in [6.07, 6.45) is 1.12. The fourth-order valence-electron chi connectivity index (χ4n) is 1.03. The molecule has 0 atom stereocenters. The molecule has 0 saturated carbocycles. The number of nitrogens with one attached hydrogen (secondary N) is 1. The van der Waals surface area contributed by atoms with Crippen LogP contribution in [0, 0.1) is 6.92 Å². The number of hydrogen-bond acceptors (Lipinski definition) is 3. The Hall–Kier alpha value is -1.10. The topological polar surface area (TPSA) is 51.2 Å². The highest BCUT2D eigenvalue weighted by molar-refractivity contribution is 9.10. The molecule has 1 rings (SSSR count). The first-order chi connectivity index (χ1) is 7.29. The Balaban J connectivity index is 2.74. The number of rotatable bonds is 1. The third kappa shape index (κ3) is 3.81. The minimum Gasteiger partial charge on any atom is -0.444 e. The van der Waals surface area contributed by atoms with Crippen molar-refractivity contribution in [1.29, 1.82) is 0 Å². The van der Waals surface area contributed by atoms with E-state index < -0.39 is 11.7 Å². The maximum atomic E-state index is 11.5. The molecule has 0 aliphatic carbocycles. The molecule has 1 amide bonds. The second-order valence-electron chi connectivity index (χ2n) is 4.42. The summed E-state index contributed by atoms with van der Waals surface area (Å²) in [5.41, 5.74) is 0.487. The molecule has 0 bridgehead atoms. The summed E-state index contributed by atoms with van der Waals surface area (Å²) in [4.78, 5) is 15.5. The van der Waals surface area contributed by atoms with Gasteiger partial charge in [-0.25, -0.2) is 9.78 Å². The Morgan fingerprint density at radius 1 is 1.50 bits per heavy atom. The van der Waals surface area contributed by atoms with Crippen molar-refractivity contribution in [1.82, 2.24) is 4.98 Å². The average molecular weight is 287 g/mol. The number of nitrogens with zero attached hydrogens (tertiary/aromatic N) is 1. The highest BCUT2D eigenvalue weighted by Crippen LogP contribution is 2.23. The molecule has 1 aromatic heterocycles. The van der Waals surface area contributed by atoms with Gasteiger partial charge in [-0.3, -0.25) is 5.32 Å². The first-order valence-corrected chi connectivity index (χ1v) is 5.70. The van der Waals surface area contributed by atoms with Crippen LogP contribution in [0.1, 0.15) is 26.3 Å². The van der Waals surface area contributed by atoms with E-state index in [9.17, 15) is 4.79 Å². The van der Waals surface area contributed by atoms with Crippen LogP contribution in [0.4, 0.5) is 10.6 Å². The van der Waals surface area contributed by atoms with E-state index in [1.165, 1.54) is 0 Å². The molecule has 0 aromatic carbocycles. The first-order valence-electron chi connectivity index (χ1n) is 4.91. The van der Waals surface area contributed by atoms with Gasteiger partial charge in [0.2, 0.25) is 0 Å². The molecular weight excluding hydrogens is 272 g/mol. The van der Waals surface area contributed by atoms with Crippen molar-refractivity contribution < 1.29 is 9.53 Å². The highest BCUT2D eigenvalue weighted by atomic mass is 79.9. The van der Waals surface area contributed by atoms with E-state index in [0.717, 1.165) is 10.0 Å². The van der Waals surface area contributed by atoms with Crippen LogP contribution in [0.15, 0.2) is 16.7 Å². The zero-order valence-electron chi connectivity index (χ0n) is 9.80. The van der Waals surface area contributed by atoms with Gasteiger partial charge in [-0.2, -0.15) is 0 Å². The van der Waals surface area contributed by atoms with Crippen LogP contribution >= 0.6 is 15.9 Å². The quantitative estimate of drug-likeness (QED) is 0.860. The van der Waals surface area contributed by atoms with Gasteiger partial charge in [-0.1, -0.05) is 0 Å². The molecule has 0 fully saturated rings. The van der Waals surface area contributed by atoms with Gasteiger partial charge in [0.1, 0.15) is 11.4 Å². The van der Waals surface area contributed by atoms with Crippen molar-refractivity contribution in [2.45, 2.75) is 33.3 Å². The largest absolute Gasteiger partial charge is 0.444 e. The molecule has 16 heavy (non-hydrogen) atoms. The van der Waals surface area contributed by atoms with Crippen molar-refractivity contribution in [2.24, 2.45) is 0 Å². The van der Waals surface area contributed by atoms with Gasteiger partial charge < -0.3 is 4.74 Å². The summed E-state index contributed by atoms with van der Waals surface area (Å²) >= 11 is 3.36. The van der Waals surface area contributed by atoms with E-state index in [0.29, 0.717) is 5.82 Å². The molecular formula is C11H15BrN2O2. The third-order valence-electron chi connectivity index (χ3n) is 1.70. The Bertz CT molecular complexity index is 399. The lowest BCUT2D eigenvalue weighted by Crippen LogP contribution is -2.27. The van der Waals surface area contributed by atoms with Gasteiger partial charge in [0.05, 0.1) is 4.47 Å². The average Bonchev–Trinajstić information content (AvgIpc) is 2.09. The summed E-state index contributed by atoms with van der Waals surface area (Å²) in [7, 11) is 0. The van der Waals surface area contributed by atoms with Gasteiger partial charge in [0.15, 0.2) is 0 Å². The van der Waals surface area contributed by atoms with Crippen molar-refractivity contribution >= 4 is 27.8 Å². The van der Waals surface area contributed by atoms with E-state index in [4.69, 9.17) is 4.74 Å². The zero-order chi connectivity index (χ0) is 12.3. The molecule has 0 spiro atoms. The summed E-state index contributed by atoms with van der Waals surface area (Å²) in [5.74, 6) is 0.467. The van der Waals surface area contributed by atoms with E-state index in [-0.39, 0.29) is 0 Å². The smallest absolute Gasteiger partial charge is 0.413 e. The number of amides is 1. The molecule has 5 heteroatoms. The number of halogens is 1. The molecule has 0 saturated heterocycles. The van der Waals surface area contributed by atoms with E-state index in [1.807, 2.05) is 33.8 Å². The SMILES string of the molecule is Cc1ccnc(NC(=O)OC(C)(C)C)c1Br. The maximum absolute atomic E-state index is 11.5. The van der Waals surface area contributed by atoms with Gasteiger partial charge in [-0.15, -0.1) is 0 Å². The Kier molecular flexibility index (Phi) is 3.91. The Morgan fingerprint density at radius 2 is 2.12 bits per heavy atom. The molecule has 1 heterocycles. The monoisotopic (exact) mass is 286 g/mol. The lowest BCUT2D eigenvalue weighted by molar-refractivity contribution is 0.0635. The summed E-state index contributed by atoms with van der Waals surface area (Å²) in [6, 6.07) is 1.85. The van der Waals surface area contributed by atoms with Gasteiger partial charge in [0.25, 0.3) is 0 Å². The van der Waals surface area contributed by atoms with E-state index in [2.05, 4.69) is 26.2 Å². The predicted octanol–water partition coefficient (Wildman–Crippen LogP) is 3.50. The highest BCUT2D eigenvalue weighted by Gasteiger charge is 2.17. The van der Waals surface area contributed by atoms with Crippen LogP contribution in [0.3, 0.4) is 0 Å². The molecule has 0 aliphatic rings. The standard InChI is InChI=1S/C11H15BrN2O2/c1-7-5-6-13-9(8(7)12)14-10(15)16-11(2,3)4/h5-6H,1-4H3,(H,13,14,15). The molecule has 88 valence electrons. The number of aromatic nitrogens is 1. The maximum Gasteiger partial charge on any atom is 0.413 e. The van der Waals surface area contributed by atoms with Crippen molar-refractivity contribution in [2.75, 3.05) is 5.32 Å². The molecule has 0 aliphatic heterocycles. The van der Waals surface area contributed by atoms with Crippen LogP contribution in [0.2, 0.25) is 0 Å². The number of anilines is 1. The van der Waals surface area contributed by atoms with Gasteiger partial charge >= 0.3 is 6.09 Å². The van der Waals surface area contributed by atoms with Crippen LogP contribution < -0.4 is 5.32 Å². The minimum atomic E-state index is -0.514. The Morgan fingerprint density at radius 3 is 2.69 bits per heavy atom. The second-order valence-corrected chi connectivity index (χ2v) is 5.21. The van der Waals surface area contributed by atoms with Crippen LogP contribution in [0.25, 0.3) is 0 Å². The number of ether oxygens (including phenoxy) is 1. The lowest BCUT2D eigenvalue weighted by Gasteiger charge is -2.19. The fraction of sp³-hybridized carbons (Fsp3) is 0.455. The molecule has 0 unspecified atom stereocenters. The Labute approximate surface area is 104 Å². The van der Waals surface area contributed by atoms with Crippen LogP contribution in [-0.4, -0.2) is 16.7 Å². The summed E-state index contributed by atoms with van der Waals surface area (Å²) in [5, 5.41) is 2.59. The molecule has 0 radical (unpaired) electrons. The number of aryl methyl sites for hydroxylation is 1. The molecule has 1 aromatic rings. The first kappa shape index (κ1) is 13.0. The molecule has 4 nitrogen and oxygen atoms in total. The minimum absolute atomic E-state index is 0.467. The fourth-order valence-corrected chi connectivity index (χ4v) is 1.36. The number of carbonyl (C=O) groups is 1. The second kappa shape index (κ2) is 4.82. The van der Waals surface area contributed by atoms with Crippen LogP contribution in [0.5, 0.6) is 0 Å². The third-order valence-corrected chi connectivity index (χ3v) is 2.70. The summed E-state index contributed by atoms with van der Waals surface area (Å²) < 4.78 is 5.89. The number of carbonyl (C=O) groups excluding carboxylic acids is 1. The number of pyridine rings is 1. The normalized spacial score (nSPS) is 11.1. The van der Waals surface area contributed by atoms with Crippen LogP contribution in [-0.2, 0) is 4.74 Å². The van der Waals surface area contributed by atoms with Crippen molar-refractivity contribution in [3.8, 4) is 0 Å². The van der Waals surface area contributed by atoms with Gasteiger partial charge in [-0.05, 0) is 55.3 Å². The predicted molar refractivity (Wildman–Crippen MR) is 66.5 cm³/mol.